The SMILES string of the molecule is CC1=C(C(=O)c2ccc(Br)cc2)Sc2ccc(Cl)c(Cl)c2N1. The van der Waals surface area contributed by atoms with Crippen molar-refractivity contribution in [1.82, 2.24) is 0 Å². The van der Waals surface area contributed by atoms with E-state index in [0.29, 0.717) is 20.5 Å². The van der Waals surface area contributed by atoms with E-state index in [0.717, 1.165) is 20.8 Å². The van der Waals surface area contributed by atoms with Crippen LogP contribution in [0.4, 0.5) is 5.69 Å². The van der Waals surface area contributed by atoms with Crippen molar-refractivity contribution >= 4 is 62.4 Å². The number of benzene rings is 2. The molecule has 0 saturated carbocycles. The number of thioether (sulfide) groups is 1. The topological polar surface area (TPSA) is 29.1 Å². The molecule has 1 aliphatic rings. The highest BCUT2D eigenvalue weighted by atomic mass is 79.9. The molecule has 1 N–H and O–H groups in total. The Hall–Kier alpha value is -0.940. The van der Waals surface area contributed by atoms with Crippen molar-refractivity contribution in [1.29, 1.82) is 0 Å². The molecule has 2 aromatic carbocycles. The number of nitrogens with one attached hydrogen (secondary N) is 1. The van der Waals surface area contributed by atoms with Crippen LogP contribution < -0.4 is 5.32 Å². The summed E-state index contributed by atoms with van der Waals surface area (Å²) < 4.78 is 0.941. The normalized spacial score (nSPS) is 13.6. The zero-order valence-corrected chi connectivity index (χ0v) is 15.3. The van der Waals surface area contributed by atoms with Gasteiger partial charge in [-0.25, -0.2) is 0 Å². The van der Waals surface area contributed by atoms with Crippen molar-refractivity contribution in [3.05, 3.63) is 67.1 Å². The fourth-order valence-corrected chi connectivity index (χ4v) is 3.83. The van der Waals surface area contributed by atoms with Crippen LogP contribution in [0.1, 0.15) is 17.3 Å². The van der Waals surface area contributed by atoms with Crippen LogP contribution in [0, 0.1) is 0 Å². The lowest BCUT2D eigenvalue weighted by molar-refractivity contribution is 0.104. The van der Waals surface area contributed by atoms with Gasteiger partial charge in [0.1, 0.15) is 0 Å². The van der Waals surface area contributed by atoms with Crippen LogP contribution in [0.25, 0.3) is 0 Å². The average molecular weight is 415 g/mol. The summed E-state index contributed by atoms with van der Waals surface area (Å²) in [5.41, 5.74) is 2.17. The van der Waals surface area contributed by atoms with E-state index in [2.05, 4.69) is 21.2 Å². The smallest absolute Gasteiger partial charge is 0.201 e. The molecule has 0 atom stereocenters. The average Bonchev–Trinajstić information content (AvgIpc) is 2.51. The predicted molar refractivity (Wildman–Crippen MR) is 97.1 cm³/mol. The van der Waals surface area contributed by atoms with Crippen LogP contribution in [-0.2, 0) is 0 Å². The molecule has 3 rings (SSSR count). The molecular weight excluding hydrogens is 405 g/mol. The number of rotatable bonds is 2. The lowest BCUT2D eigenvalue weighted by atomic mass is 10.1. The van der Waals surface area contributed by atoms with Crippen LogP contribution in [0.15, 0.2) is 56.4 Å². The molecule has 0 fully saturated rings. The fourth-order valence-electron chi connectivity index (χ4n) is 2.11. The van der Waals surface area contributed by atoms with Gasteiger partial charge in [-0.05, 0) is 43.3 Å². The van der Waals surface area contributed by atoms with Gasteiger partial charge in [0.15, 0.2) is 0 Å². The molecule has 0 unspecified atom stereocenters. The maximum absolute atomic E-state index is 12.7. The minimum Gasteiger partial charge on any atom is -0.356 e. The quantitative estimate of drug-likeness (QED) is 0.577. The van der Waals surface area contributed by atoms with E-state index in [-0.39, 0.29) is 5.78 Å². The number of halogens is 3. The first kappa shape index (κ1) is 15.9. The van der Waals surface area contributed by atoms with E-state index < -0.39 is 0 Å². The molecule has 0 amide bonds. The summed E-state index contributed by atoms with van der Waals surface area (Å²) >= 11 is 17.0. The Bertz CT molecular complexity index is 803. The third kappa shape index (κ3) is 2.93. The van der Waals surface area contributed by atoms with Crippen LogP contribution in [0.5, 0.6) is 0 Å². The van der Waals surface area contributed by atoms with Gasteiger partial charge in [-0.1, -0.05) is 50.9 Å². The molecule has 0 spiro atoms. The van der Waals surface area contributed by atoms with Crippen LogP contribution in [0.3, 0.4) is 0 Å². The van der Waals surface area contributed by atoms with Crippen LogP contribution >= 0.6 is 50.9 Å². The molecule has 2 aromatic rings. The van der Waals surface area contributed by atoms with E-state index in [9.17, 15) is 4.79 Å². The zero-order chi connectivity index (χ0) is 15.9. The van der Waals surface area contributed by atoms with Gasteiger partial charge in [0.2, 0.25) is 5.78 Å². The standard InChI is InChI=1S/C16H10BrCl2NOS/c1-8-16(15(21)9-2-4-10(17)5-3-9)22-12-7-6-11(18)13(19)14(12)20-8/h2-7,20H,1H3. The minimum atomic E-state index is -0.0146. The molecule has 1 heterocycles. The molecule has 22 heavy (non-hydrogen) atoms. The van der Waals surface area contributed by atoms with Crippen molar-refractivity contribution in [3.8, 4) is 0 Å². The lowest BCUT2D eigenvalue weighted by Gasteiger charge is -2.22. The third-order valence-electron chi connectivity index (χ3n) is 3.23. The molecule has 0 saturated heterocycles. The summed E-state index contributed by atoms with van der Waals surface area (Å²) in [4.78, 5) is 14.2. The van der Waals surface area contributed by atoms with E-state index in [1.54, 1.807) is 18.2 Å². The first-order valence-corrected chi connectivity index (χ1v) is 8.78. The summed E-state index contributed by atoms with van der Waals surface area (Å²) in [5.74, 6) is -0.0146. The number of ketones is 1. The summed E-state index contributed by atoms with van der Waals surface area (Å²) in [6, 6.07) is 10.9. The largest absolute Gasteiger partial charge is 0.356 e. The zero-order valence-electron chi connectivity index (χ0n) is 11.4. The Balaban J connectivity index is 1.97. The van der Waals surface area contributed by atoms with Gasteiger partial charge in [-0.2, -0.15) is 0 Å². The number of Topliss-reactive ketones (excluding diaryl/α,β-unsaturated/α-hetero) is 1. The third-order valence-corrected chi connectivity index (χ3v) is 5.82. The van der Waals surface area contributed by atoms with Gasteiger partial charge in [0, 0.05) is 20.6 Å². The van der Waals surface area contributed by atoms with Crippen LogP contribution in [-0.4, -0.2) is 5.78 Å². The van der Waals surface area contributed by atoms with E-state index in [1.165, 1.54) is 11.8 Å². The second-order valence-electron chi connectivity index (χ2n) is 4.75. The highest BCUT2D eigenvalue weighted by Gasteiger charge is 2.24. The van der Waals surface area contributed by atoms with Crippen molar-refractivity contribution in [2.24, 2.45) is 0 Å². The fraction of sp³-hybridized carbons (Fsp3) is 0.0625. The van der Waals surface area contributed by atoms with Gasteiger partial charge in [-0.15, -0.1) is 0 Å². The van der Waals surface area contributed by atoms with E-state index in [1.807, 2.05) is 25.1 Å². The second-order valence-corrected chi connectivity index (χ2v) is 7.50. The van der Waals surface area contributed by atoms with Gasteiger partial charge >= 0.3 is 0 Å². The predicted octanol–water partition coefficient (Wildman–Crippen LogP) is 6.39. The molecule has 6 heteroatoms. The number of hydrogen-bond acceptors (Lipinski definition) is 3. The molecule has 0 bridgehead atoms. The Morgan fingerprint density at radius 2 is 1.82 bits per heavy atom. The summed E-state index contributed by atoms with van der Waals surface area (Å²) in [7, 11) is 0. The van der Waals surface area contributed by atoms with Crippen molar-refractivity contribution in [2.75, 3.05) is 5.32 Å². The molecule has 2 nitrogen and oxygen atoms in total. The second kappa shape index (κ2) is 6.28. The van der Waals surface area contributed by atoms with Crippen molar-refractivity contribution in [3.63, 3.8) is 0 Å². The number of anilines is 1. The number of carbonyl (C=O) groups excluding carboxylic acids is 1. The molecule has 0 aromatic heterocycles. The lowest BCUT2D eigenvalue weighted by Crippen LogP contribution is -2.12. The highest BCUT2D eigenvalue weighted by molar-refractivity contribution is 9.10. The maximum Gasteiger partial charge on any atom is 0.201 e. The monoisotopic (exact) mass is 413 g/mol. The van der Waals surface area contributed by atoms with Crippen molar-refractivity contribution < 1.29 is 4.79 Å². The van der Waals surface area contributed by atoms with Crippen molar-refractivity contribution in [2.45, 2.75) is 11.8 Å². The van der Waals surface area contributed by atoms with E-state index >= 15 is 0 Å². The Labute approximate surface area is 151 Å². The number of fused-ring (bicyclic) bond motifs is 1. The number of allylic oxidation sites excluding steroid dienone is 2. The first-order chi connectivity index (χ1) is 10.5. The molecule has 1 aliphatic heterocycles. The van der Waals surface area contributed by atoms with Gasteiger partial charge in [0.25, 0.3) is 0 Å². The number of carbonyl (C=O) groups is 1. The van der Waals surface area contributed by atoms with E-state index in [4.69, 9.17) is 23.2 Å². The molecule has 0 radical (unpaired) electrons. The number of hydrogen-bond donors (Lipinski definition) is 1. The summed E-state index contributed by atoms with van der Waals surface area (Å²) in [5, 5.41) is 4.16. The van der Waals surface area contributed by atoms with Gasteiger partial charge in [-0.3, -0.25) is 4.79 Å². The molecular formula is C16H10BrCl2NOS. The first-order valence-electron chi connectivity index (χ1n) is 6.41. The van der Waals surface area contributed by atoms with Gasteiger partial charge in [0.05, 0.1) is 20.6 Å². The van der Waals surface area contributed by atoms with Gasteiger partial charge < -0.3 is 5.32 Å². The van der Waals surface area contributed by atoms with Crippen LogP contribution in [0.2, 0.25) is 10.0 Å². The highest BCUT2D eigenvalue weighted by Crippen LogP contribution is 2.46. The summed E-state index contributed by atoms with van der Waals surface area (Å²) in [6.45, 7) is 1.86. The minimum absolute atomic E-state index is 0.0146. The Morgan fingerprint density at radius 1 is 1.14 bits per heavy atom. The molecule has 112 valence electrons. The molecule has 0 aliphatic carbocycles. The Morgan fingerprint density at radius 3 is 2.50 bits per heavy atom. The maximum atomic E-state index is 12.7. The summed E-state index contributed by atoms with van der Waals surface area (Å²) in [6.07, 6.45) is 0. The Kier molecular flexibility index (Phi) is 4.55.